The summed E-state index contributed by atoms with van der Waals surface area (Å²) in [5.74, 6) is -1.35. The molecule has 26 heavy (non-hydrogen) atoms. The minimum Gasteiger partial charge on any atom is -0.366 e. The highest BCUT2D eigenvalue weighted by atomic mass is 16.2. The number of hydrogen-bond donors (Lipinski definition) is 3. The van der Waals surface area contributed by atoms with E-state index in [0.717, 1.165) is 0 Å². The summed E-state index contributed by atoms with van der Waals surface area (Å²) in [6.07, 6.45) is 1.20. The van der Waals surface area contributed by atoms with E-state index < -0.39 is 11.8 Å². The summed E-state index contributed by atoms with van der Waals surface area (Å²) in [5.41, 5.74) is 6.67. The number of carbonyl (C=O) groups excluding carboxylic acids is 3. The van der Waals surface area contributed by atoms with E-state index in [1.165, 1.54) is 19.2 Å². The Morgan fingerprint density at radius 2 is 1.73 bits per heavy atom. The van der Waals surface area contributed by atoms with Crippen molar-refractivity contribution in [3.63, 3.8) is 0 Å². The molecule has 0 fully saturated rings. The number of amides is 2. The van der Waals surface area contributed by atoms with Crippen LogP contribution in [0.4, 0.5) is 11.4 Å². The van der Waals surface area contributed by atoms with Crippen molar-refractivity contribution in [1.29, 1.82) is 5.26 Å². The van der Waals surface area contributed by atoms with Gasteiger partial charge in [-0.2, -0.15) is 5.26 Å². The lowest BCUT2D eigenvalue weighted by atomic mass is 10.1. The largest absolute Gasteiger partial charge is 0.366 e. The maximum absolute atomic E-state index is 12.2. The first-order valence-corrected chi connectivity index (χ1v) is 7.60. The summed E-state index contributed by atoms with van der Waals surface area (Å²) in [6.45, 7) is 1.44. The van der Waals surface area contributed by atoms with Gasteiger partial charge in [-0.25, -0.2) is 0 Å². The van der Waals surface area contributed by atoms with Crippen molar-refractivity contribution in [2.75, 3.05) is 10.6 Å². The van der Waals surface area contributed by atoms with E-state index >= 15 is 0 Å². The van der Waals surface area contributed by atoms with Crippen LogP contribution in [-0.4, -0.2) is 17.6 Å². The Balaban J connectivity index is 2.14. The van der Waals surface area contributed by atoms with Crippen molar-refractivity contribution in [2.24, 2.45) is 5.73 Å². The minimum atomic E-state index is -0.632. The van der Waals surface area contributed by atoms with E-state index in [1.54, 1.807) is 48.5 Å². The molecule has 7 nitrogen and oxygen atoms in total. The third-order valence-corrected chi connectivity index (χ3v) is 3.48. The smallest absolute Gasteiger partial charge is 0.267 e. The van der Waals surface area contributed by atoms with E-state index in [4.69, 9.17) is 5.73 Å². The summed E-state index contributed by atoms with van der Waals surface area (Å²) in [5, 5.41) is 14.5. The molecule has 4 N–H and O–H groups in total. The molecule has 0 aliphatic rings. The van der Waals surface area contributed by atoms with Crippen molar-refractivity contribution >= 4 is 29.0 Å². The lowest BCUT2D eigenvalue weighted by Gasteiger charge is -2.08. The molecule has 0 saturated heterocycles. The first-order valence-electron chi connectivity index (χ1n) is 7.60. The van der Waals surface area contributed by atoms with E-state index in [0.29, 0.717) is 16.9 Å². The topological polar surface area (TPSA) is 125 Å². The summed E-state index contributed by atoms with van der Waals surface area (Å²) in [7, 11) is 0. The highest BCUT2D eigenvalue weighted by Crippen LogP contribution is 2.15. The Morgan fingerprint density at radius 3 is 2.31 bits per heavy atom. The van der Waals surface area contributed by atoms with Gasteiger partial charge in [-0.1, -0.05) is 12.1 Å². The molecule has 2 rings (SSSR count). The highest BCUT2D eigenvalue weighted by molar-refractivity contribution is 6.07. The predicted octanol–water partition coefficient (Wildman–Crippen LogP) is 2.45. The molecule has 0 aliphatic heterocycles. The molecule has 0 unspecified atom stereocenters. The molecule has 2 amide bonds. The monoisotopic (exact) mass is 348 g/mol. The second kappa shape index (κ2) is 8.26. The quantitative estimate of drug-likeness (QED) is 0.420. The summed E-state index contributed by atoms with van der Waals surface area (Å²) in [4.78, 5) is 34.8. The van der Waals surface area contributed by atoms with Crippen LogP contribution in [0.2, 0.25) is 0 Å². The molecule has 0 spiro atoms. The van der Waals surface area contributed by atoms with Crippen molar-refractivity contribution in [2.45, 2.75) is 6.92 Å². The van der Waals surface area contributed by atoms with Crippen LogP contribution >= 0.6 is 0 Å². The summed E-state index contributed by atoms with van der Waals surface area (Å²) < 4.78 is 0. The number of primary amides is 1. The molecular weight excluding hydrogens is 332 g/mol. The van der Waals surface area contributed by atoms with Gasteiger partial charge in [0.2, 0.25) is 0 Å². The van der Waals surface area contributed by atoms with Gasteiger partial charge < -0.3 is 16.4 Å². The van der Waals surface area contributed by atoms with E-state index in [9.17, 15) is 19.6 Å². The number of hydrogen-bond acceptors (Lipinski definition) is 5. The number of nitrogens with one attached hydrogen (secondary N) is 2. The van der Waals surface area contributed by atoms with Crippen LogP contribution in [0.3, 0.4) is 0 Å². The van der Waals surface area contributed by atoms with Crippen LogP contribution in [0, 0.1) is 11.3 Å². The lowest BCUT2D eigenvalue weighted by Crippen LogP contribution is -2.16. The Bertz CT molecular complexity index is 925. The van der Waals surface area contributed by atoms with Crippen LogP contribution < -0.4 is 16.4 Å². The van der Waals surface area contributed by atoms with Crippen molar-refractivity contribution in [1.82, 2.24) is 0 Å². The average Bonchev–Trinajstić information content (AvgIpc) is 2.63. The zero-order valence-corrected chi connectivity index (χ0v) is 13.9. The number of rotatable bonds is 6. The number of nitrogens with zero attached hydrogens (tertiary/aromatic N) is 1. The molecule has 0 aromatic heterocycles. The second-order valence-corrected chi connectivity index (χ2v) is 5.31. The summed E-state index contributed by atoms with van der Waals surface area (Å²) >= 11 is 0. The summed E-state index contributed by atoms with van der Waals surface area (Å²) in [6, 6.07) is 14.5. The van der Waals surface area contributed by atoms with Gasteiger partial charge in [-0.3, -0.25) is 14.4 Å². The molecule has 0 radical (unpaired) electrons. The van der Waals surface area contributed by atoms with Crippen LogP contribution in [0.5, 0.6) is 0 Å². The SMILES string of the molecule is CC(=O)c1ccc(NC(=O)/C(C#N)=C\Nc2ccccc2C(N)=O)cc1. The standard InChI is InChI=1S/C19H16N4O3/c1-12(24)13-6-8-15(9-7-13)23-19(26)14(10-20)11-22-17-5-3-2-4-16(17)18(21)25/h2-9,11,22H,1H3,(H2,21,25)(H,23,26)/b14-11-. The Morgan fingerprint density at radius 1 is 1.08 bits per heavy atom. The van der Waals surface area contributed by atoms with Crippen LogP contribution in [0.15, 0.2) is 60.3 Å². The van der Waals surface area contributed by atoms with Gasteiger partial charge in [-0.15, -0.1) is 0 Å². The molecule has 0 heterocycles. The Hall–Kier alpha value is -3.92. The van der Waals surface area contributed by atoms with Gasteiger partial charge in [0.15, 0.2) is 5.78 Å². The Kier molecular flexibility index (Phi) is 5.85. The number of nitriles is 1. The second-order valence-electron chi connectivity index (χ2n) is 5.31. The molecule has 2 aromatic rings. The first kappa shape index (κ1) is 18.4. The molecule has 0 saturated carbocycles. The number of ketones is 1. The van der Waals surface area contributed by atoms with Gasteiger partial charge in [-0.05, 0) is 43.3 Å². The fraction of sp³-hybridized carbons (Fsp3) is 0.0526. The molecule has 2 aromatic carbocycles. The van der Waals surface area contributed by atoms with Gasteiger partial charge in [0, 0.05) is 17.5 Å². The minimum absolute atomic E-state index is 0.0854. The van der Waals surface area contributed by atoms with Crippen molar-refractivity contribution < 1.29 is 14.4 Å². The first-order chi connectivity index (χ1) is 12.4. The normalized spacial score (nSPS) is 10.5. The number of Topliss-reactive ketones (excluding diaryl/α,β-unsaturated/α-hetero) is 1. The van der Waals surface area contributed by atoms with Crippen molar-refractivity contribution in [3.05, 3.63) is 71.4 Å². The van der Waals surface area contributed by atoms with Crippen molar-refractivity contribution in [3.8, 4) is 6.07 Å². The number of nitrogens with two attached hydrogens (primary N) is 1. The van der Waals surface area contributed by atoms with Gasteiger partial charge >= 0.3 is 0 Å². The molecule has 0 bridgehead atoms. The highest BCUT2D eigenvalue weighted by Gasteiger charge is 2.11. The fourth-order valence-corrected chi connectivity index (χ4v) is 2.11. The zero-order chi connectivity index (χ0) is 19.1. The predicted molar refractivity (Wildman–Crippen MR) is 97.4 cm³/mol. The molecular formula is C19H16N4O3. The molecule has 130 valence electrons. The molecule has 0 aliphatic carbocycles. The Labute approximate surface area is 150 Å². The van der Waals surface area contributed by atoms with Crippen LogP contribution in [0.1, 0.15) is 27.6 Å². The number of anilines is 2. The van der Waals surface area contributed by atoms with Gasteiger partial charge in [0.1, 0.15) is 11.6 Å². The van der Waals surface area contributed by atoms with E-state index in [2.05, 4.69) is 10.6 Å². The zero-order valence-electron chi connectivity index (χ0n) is 13.9. The average molecular weight is 348 g/mol. The number of benzene rings is 2. The van der Waals surface area contributed by atoms with E-state index in [-0.39, 0.29) is 16.9 Å². The number of carbonyl (C=O) groups is 3. The molecule has 0 atom stereocenters. The maximum Gasteiger partial charge on any atom is 0.267 e. The molecule has 7 heteroatoms. The van der Waals surface area contributed by atoms with Crippen LogP contribution in [0.25, 0.3) is 0 Å². The van der Waals surface area contributed by atoms with Gasteiger partial charge in [0.25, 0.3) is 11.8 Å². The lowest BCUT2D eigenvalue weighted by molar-refractivity contribution is -0.112. The maximum atomic E-state index is 12.2. The fourth-order valence-electron chi connectivity index (χ4n) is 2.11. The van der Waals surface area contributed by atoms with Gasteiger partial charge in [0.05, 0.1) is 11.3 Å². The number of para-hydroxylation sites is 1. The third-order valence-electron chi connectivity index (χ3n) is 3.48. The van der Waals surface area contributed by atoms with E-state index in [1.807, 2.05) is 0 Å². The third kappa shape index (κ3) is 4.55. The van der Waals surface area contributed by atoms with Crippen LogP contribution in [-0.2, 0) is 4.79 Å².